The van der Waals surface area contributed by atoms with E-state index >= 15 is 0 Å². The van der Waals surface area contributed by atoms with Gasteiger partial charge in [-0.2, -0.15) is 4.39 Å². The highest BCUT2D eigenvalue weighted by molar-refractivity contribution is 9.10. The second kappa shape index (κ2) is 3.37. The zero-order chi connectivity index (χ0) is 9.30. The summed E-state index contributed by atoms with van der Waals surface area (Å²) in [6.07, 6.45) is 0. The highest BCUT2D eigenvalue weighted by Gasteiger charge is 2.16. The summed E-state index contributed by atoms with van der Waals surface area (Å²) >= 11 is 8.21. The van der Waals surface area contributed by atoms with Crippen LogP contribution in [0.4, 0.5) is 4.39 Å². The van der Waals surface area contributed by atoms with E-state index in [1.165, 1.54) is 6.07 Å². The normalized spacial score (nSPS) is 9.92. The summed E-state index contributed by atoms with van der Waals surface area (Å²) < 4.78 is 12.8. The molecule has 64 valence electrons. The molecule has 0 spiro atoms. The van der Waals surface area contributed by atoms with Gasteiger partial charge < -0.3 is 5.11 Å². The molecular weight excluding hydrogens is 252 g/mol. The van der Waals surface area contributed by atoms with Crippen LogP contribution in [0.1, 0.15) is 10.4 Å². The quantitative estimate of drug-likeness (QED) is 0.783. The van der Waals surface area contributed by atoms with Crippen molar-refractivity contribution in [3.63, 3.8) is 0 Å². The largest absolute Gasteiger partial charge is 0.477 e. The number of aromatic carboxylic acids is 1. The fraction of sp³-hybridized carbons (Fsp3) is 0. The van der Waals surface area contributed by atoms with Crippen molar-refractivity contribution in [1.82, 2.24) is 4.98 Å². The highest BCUT2D eigenvalue weighted by Crippen LogP contribution is 2.21. The predicted octanol–water partition coefficient (Wildman–Crippen LogP) is 2.33. The van der Waals surface area contributed by atoms with E-state index in [2.05, 4.69) is 20.9 Å². The first-order chi connectivity index (χ1) is 5.52. The fourth-order valence-electron chi connectivity index (χ4n) is 0.648. The lowest BCUT2D eigenvalue weighted by atomic mass is 10.3. The minimum Gasteiger partial charge on any atom is -0.477 e. The van der Waals surface area contributed by atoms with Gasteiger partial charge in [-0.25, -0.2) is 9.78 Å². The van der Waals surface area contributed by atoms with Crippen LogP contribution < -0.4 is 0 Å². The number of hydrogen-bond donors (Lipinski definition) is 1. The lowest BCUT2D eigenvalue weighted by Crippen LogP contribution is -2.03. The summed E-state index contributed by atoms with van der Waals surface area (Å²) in [4.78, 5) is 13.5. The predicted molar refractivity (Wildman–Crippen MR) is 43.9 cm³/mol. The summed E-state index contributed by atoms with van der Waals surface area (Å²) in [7, 11) is 0. The topological polar surface area (TPSA) is 50.2 Å². The van der Waals surface area contributed by atoms with Gasteiger partial charge in [-0.15, -0.1) is 0 Å². The minimum absolute atomic E-state index is 0.0764. The van der Waals surface area contributed by atoms with Gasteiger partial charge in [-0.05, 0) is 22.0 Å². The molecule has 1 aromatic heterocycles. The van der Waals surface area contributed by atoms with Gasteiger partial charge in [0.2, 0.25) is 5.95 Å². The van der Waals surface area contributed by atoms with Crippen molar-refractivity contribution in [2.24, 2.45) is 0 Å². The number of rotatable bonds is 1. The van der Waals surface area contributed by atoms with Crippen LogP contribution in [0.25, 0.3) is 0 Å². The average Bonchev–Trinajstić information content (AvgIpc) is 1.82. The summed E-state index contributed by atoms with van der Waals surface area (Å²) in [5.41, 5.74) is -0.514. The molecule has 0 unspecified atom stereocenters. The van der Waals surface area contributed by atoms with Gasteiger partial charge in [0, 0.05) is 4.47 Å². The fourth-order valence-corrected chi connectivity index (χ4v) is 1.51. The van der Waals surface area contributed by atoms with Crippen LogP contribution in [-0.4, -0.2) is 16.1 Å². The van der Waals surface area contributed by atoms with Crippen LogP contribution in [0.3, 0.4) is 0 Å². The second-order valence-electron chi connectivity index (χ2n) is 1.90. The number of hydrogen-bond acceptors (Lipinski definition) is 2. The molecule has 0 aromatic carbocycles. The molecule has 0 radical (unpaired) electrons. The number of nitrogens with zero attached hydrogens (tertiary/aromatic N) is 1. The Labute approximate surface area is 80.3 Å². The molecular formula is C6H2BrClFNO2. The van der Waals surface area contributed by atoms with Crippen molar-refractivity contribution in [2.45, 2.75) is 0 Å². The maximum atomic E-state index is 12.8. The molecule has 0 amide bonds. The number of carboxylic acid groups (broad SMARTS) is 1. The molecule has 0 aliphatic heterocycles. The van der Waals surface area contributed by atoms with E-state index in [-0.39, 0.29) is 9.63 Å². The van der Waals surface area contributed by atoms with Gasteiger partial charge in [0.05, 0.1) is 0 Å². The number of halogens is 3. The Morgan fingerprint density at radius 2 is 2.33 bits per heavy atom. The number of carbonyl (C=O) groups is 1. The average molecular weight is 254 g/mol. The third-order valence-corrected chi connectivity index (χ3v) is 1.93. The van der Waals surface area contributed by atoms with E-state index in [0.29, 0.717) is 0 Å². The van der Waals surface area contributed by atoms with E-state index in [9.17, 15) is 9.18 Å². The van der Waals surface area contributed by atoms with Crippen LogP contribution in [0.5, 0.6) is 0 Å². The third-order valence-electron chi connectivity index (χ3n) is 1.11. The SMILES string of the molecule is O=C(O)c1c(Br)cc(Cl)nc1F. The molecule has 0 aliphatic rings. The number of pyridine rings is 1. The first-order valence-electron chi connectivity index (χ1n) is 2.77. The monoisotopic (exact) mass is 253 g/mol. The molecule has 0 saturated heterocycles. The van der Waals surface area contributed by atoms with Gasteiger partial charge in [0.15, 0.2) is 0 Å². The molecule has 6 heteroatoms. The van der Waals surface area contributed by atoms with E-state index < -0.39 is 17.5 Å². The molecule has 0 bridgehead atoms. The number of aromatic nitrogens is 1. The van der Waals surface area contributed by atoms with Crippen molar-refractivity contribution < 1.29 is 14.3 Å². The lowest BCUT2D eigenvalue weighted by Gasteiger charge is -1.99. The Morgan fingerprint density at radius 3 is 2.75 bits per heavy atom. The van der Waals surface area contributed by atoms with Gasteiger partial charge in [0.1, 0.15) is 10.7 Å². The smallest absolute Gasteiger partial charge is 0.341 e. The first kappa shape index (κ1) is 9.41. The molecule has 0 aliphatic carbocycles. The molecule has 3 nitrogen and oxygen atoms in total. The summed E-state index contributed by atoms with van der Waals surface area (Å²) in [5.74, 6) is -2.48. The van der Waals surface area contributed by atoms with Crippen LogP contribution in [0, 0.1) is 5.95 Å². The Bertz CT molecular complexity index is 321. The Balaban J connectivity index is 3.38. The van der Waals surface area contributed by atoms with E-state index in [1.807, 2.05) is 0 Å². The van der Waals surface area contributed by atoms with Crippen molar-refractivity contribution in [3.8, 4) is 0 Å². The van der Waals surface area contributed by atoms with Gasteiger partial charge in [-0.1, -0.05) is 11.6 Å². The van der Waals surface area contributed by atoms with Gasteiger partial charge >= 0.3 is 5.97 Å². The minimum atomic E-state index is -1.39. The van der Waals surface area contributed by atoms with E-state index in [4.69, 9.17) is 16.7 Å². The molecule has 0 saturated carbocycles. The van der Waals surface area contributed by atoms with Crippen molar-refractivity contribution in [1.29, 1.82) is 0 Å². The van der Waals surface area contributed by atoms with Crippen LogP contribution in [-0.2, 0) is 0 Å². The van der Waals surface area contributed by atoms with Crippen molar-refractivity contribution in [2.75, 3.05) is 0 Å². The van der Waals surface area contributed by atoms with Gasteiger partial charge in [0.25, 0.3) is 0 Å². The second-order valence-corrected chi connectivity index (χ2v) is 3.14. The summed E-state index contributed by atoms with van der Waals surface area (Å²) in [6.45, 7) is 0. The summed E-state index contributed by atoms with van der Waals surface area (Å²) in [5, 5.41) is 8.39. The molecule has 1 rings (SSSR count). The number of carboxylic acids is 1. The molecule has 1 aromatic rings. The Kier molecular flexibility index (Phi) is 2.64. The van der Waals surface area contributed by atoms with E-state index in [1.54, 1.807) is 0 Å². The zero-order valence-corrected chi connectivity index (χ0v) is 7.86. The maximum absolute atomic E-state index is 12.8. The molecule has 0 atom stereocenters. The Morgan fingerprint density at radius 1 is 1.75 bits per heavy atom. The lowest BCUT2D eigenvalue weighted by molar-refractivity contribution is 0.0689. The highest BCUT2D eigenvalue weighted by atomic mass is 79.9. The maximum Gasteiger partial charge on any atom is 0.341 e. The zero-order valence-electron chi connectivity index (χ0n) is 5.51. The van der Waals surface area contributed by atoms with Crippen molar-refractivity contribution in [3.05, 3.63) is 27.2 Å². The van der Waals surface area contributed by atoms with Crippen LogP contribution >= 0.6 is 27.5 Å². The molecule has 12 heavy (non-hydrogen) atoms. The first-order valence-corrected chi connectivity index (χ1v) is 3.94. The summed E-state index contributed by atoms with van der Waals surface area (Å²) in [6, 6.07) is 1.22. The Hall–Kier alpha value is -0.680. The van der Waals surface area contributed by atoms with Gasteiger partial charge in [-0.3, -0.25) is 0 Å². The molecule has 0 fully saturated rings. The molecule has 1 N–H and O–H groups in total. The van der Waals surface area contributed by atoms with Crippen molar-refractivity contribution >= 4 is 33.5 Å². The third kappa shape index (κ3) is 1.73. The standard InChI is InChI=1S/C6H2BrClFNO2/c7-2-1-3(8)10-5(9)4(2)6(11)12/h1H,(H,11,12). The molecule has 1 heterocycles. The van der Waals surface area contributed by atoms with Crippen LogP contribution in [0.15, 0.2) is 10.5 Å². The van der Waals surface area contributed by atoms with Crippen LogP contribution in [0.2, 0.25) is 5.15 Å². The van der Waals surface area contributed by atoms with E-state index in [0.717, 1.165) is 0 Å².